The number of aromatic nitrogens is 1. The molecule has 0 saturated heterocycles. The second-order valence-electron chi connectivity index (χ2n) is 6.75. The molecule has 0 spiro atoms. The summed E-state index contributed by atoms with van der Waals surface area (Å²) in [6.07, 6.45) is 2.64. The maximum atomic E-state index is 13.1. The highest BCUT2D eigenvalue weighted by molar-refractivity contribution is 7.92. The van der Waals surface area contributed by atoms with Crippen LogP contribution in [0.2, 0.25) is 0 Å². The molecule has 0 aliphatic carbocycles. The topological polar surface area (TPSA) is 79.4 Å². The maximum absolute atomic E-state index is 13.1. The number of amides is 1. The third kappa shape index (κ3) is 4.82. The number of nitrogens with zero attached hydrogens (tertiary/aromatic N) is 2. The van der Waals surface area contributed by atoms with Gasteiger partial charge in [-0.2, -0.15) is 0 Å². The lowest BCUT2D eigenvalue weighted by Gasteiger charge is -2.31. The molecule has 0 bridgehead atoms. The predicted octanol–water partition coefficient (Wildman–Crippen LogP) is 3.38. The molecule has 0 aliphatic heterocycles. The summed E-state index contributed by atoms with van der Waals surface area (Å²) in [5.74, 6) is 0.204. The van der Waals surface area contributed by atoms with Crippen molar-refractivity contribution in [2.45, 2.75) is 39.8 Å². The molecule has 140 valence electrons. The Bertz CT molecular complexity index is 867. The number of nitrogens with one attached hydrogen (secondary N) is 1. The van der Waals surface area contributed by atoms with Gasteiger partial charge < -0.3 is 4.90 Å². The lowest BCUT2D eigenvalue weighted by molar-refractivity contribution is 0.0644. The quantitative estimate of drug-likeness (QED) is 0.839. The maximum Gasteiger partial charge on any atom is 0.254 e. The molecule has 0 unspecified atom stereocenters. The summed E-state index contributed by atoms with van der Waals surface area (Å²) in [4.78, 5) is 19.1. The van der Waals surface area contributed by atoms with Gasteiger partial charge in [-0.05, 0) is 51.5 Å². The molecule has 0 radical (unpaired) electrons. The molecule has 1 heterocycles. The van der Waals surface area contributed by atoms with Gasteiger partial charge in [-0.25, -0.2) is 13.4 Å². The van der Waals surface area contributed by atoms with Crippen molar-refractivity contribution < 1.29 is 13.2 Å². The molecule has 2 aromatic rings. The first-order valence-corrected chi connectivity index (χ1v) is 10.3. The lowest BCUT2D eigenvalue weighted by Crippen LogP contribution is -2.42. The van der Waals surface area contributed by atoms with E-state index >= 15 is 0 Å². The minimum Gasteiger partial charge on any atom is -0.334 e. The van der Waals surface area contributed by atoms with Gasteiger partial charge in [0.1, 0.15) is 5.82 Å². The van der Waals surface area contributed by atoms with E-state index in [-0.39, 0.29) is 23.8 Å². The second-order valence-corrected chi connectivity index (χ2v) is 8.50. The first kappa shape index (κ1) is 19.9. The second kappa shape index (κ2) is 7.86. The van der Waals surface area contributed by atoms with Gasteiger partial charge in [-0.15, -0.1) is 0 Å². The highest BCUT2D eigenvalue weighted by Crippen LogP contribution is 2.26. The lowest BCUT2D eigenvalue weighted by atomic mass is 9.99. The fourth-order valence-corrected chi connectivity index (χ4v) is 3.43. The Morgan fingerprint density at radius 3 is 2.15 bits per heavy atom. The SMILES string of the molecule is CC(C)N(C(=O)c1ccccc1-c1ccc(NS(C)(=O)=O)nc1)C(C)C. The molecule has 6 nitrogen and oxygen atoms in total. The zero-order valence-corrected chi connectivity index (χ0v) is 16.5. The minimum atomic E-state index is -3.38. The predicted molar refractivity (Wildman–Crippen MR) is 105 cm³/mol. The van der Waals surface area contributed by atoms with Crippen LogP contribution < -0.4 is 4.72 Å². The molecular formula is C19H25N3O3S. The fraction of sp³-hybridized carbons (Fsp3) is 0.368. The van der Waals surface area contributed by atoms with Crippen molar-refractivity contribution >= 4 is 21.7 Å². The molecule has 1 aromatic carbocycles. The molecular weight excluding hydrogens is 350 g/mol. The third-order valence-electron chi connectivity index (χ3n) is 3.87. The van der Waals surface area contributed by atoms with Crippen LogP contribution in [-0.4, -0.2) is 42.5 Å². The van der Waals surface area contributed by atoms with Crippen LogP contribution in [0.5, 0.6) is 0 Å². The Hall–Kier alpha value is -2.41. The van der Waals surface area contributed by atoms with Gasteiger partial charge in [-0.3, -0.25) is 9.52 Å². The average molecular weight is 375 g/mol. The van der Waals surface area contributed by atoms with Crippen LogP contribution in [-0.2, 0) is 10.0 Å². The van der Waals surface area contributed by atoms with Crippen LogP contribution >= 0.6 is 0 Å². The third-order valence-corrected chi connectivity index (χ3v) is 4.45. The summed E-state index contributed by atoms with van der Waals surface area (Å²) in [6, 6.07) is 10.9. The summed E-state index contributed by atoms with van der Waals surface area (Å²) in [7, 11) is -3.38. The number of hydrogen-bond donors (Lipinski definition) is 1. The van der Waals surface area contributed by atoms with Gasteiger partial charge in [0.15, 0.2) is 0 Å². The molecule has 26 heavy (non-hydrogen) atoms. The largest absolute Gasteiger partial charge is 0.334 e. The minimum absolute atomic E-state index is 0.0380. The van der Waals surface area contributed by atoms with Crippen LogP contribution in [0, 0.1) is 0 Å². The van der Waals surface area contributed by atoms with E-state index in [1.807, 2.05) is 50.8 Å². The van der Waals surface area contributed by atoms with Crippen molar-refractivity contribution in [3.63, 3.8) is 0 Å². The number of rotatable bonds is 6. The van der Waals surface area contributed by atoms with Gasteiger partial charge in [0.05, 0.1) is 6.26 Å². The molecule has 0 atom stereocenters. The number of carbonyl (C=O) groups is 1. The highest BCUT2D eigenvalue weighted by atomic mass is 32.2. The number of hydrogen-bond acceptors (Lipinski definition) is 4. The van der Waals surface area contributed by atoms with E-state index in [4.69, 9.17) is 0 Å². The van der Waals surface area contributed by atoms with Gasteiger partial charge in [0, 0.05) is 29.4 Å². The smallest absolute Gasteiger partial charge is 0.254 e. The van der Waals surface area contributed by atoms with E-state index in [2.05, 4.69) is 9.71 Å². The average Bonchev–Trinajstić information content (AvgIpc) is 2.53. The zero-order chi connectivity index (χ0) is 19.5. The summed E-state index contributed by atoms with van der Waals surface area (Å²) in [5.41, 5.74) is 2.11. The van der Waals surface area contributed by atoms with Crippen LogP contribution in [0.25, 0.3) is 11.1 Å². The number of carbonyl (C=O) groups excluding carboxylic acids is 1. The molecule has 1 N–H and O–H groups in total. The number of sulfonamides is 1. The molecule has 0 saturated carbocycles. The summed E-state index contributed by atoms with van der Waals surface area (Å²) in [6.45, 7) is 7.98. The summed E-state index contributed by atoms with van der Waals surface area (Å²) < 4.78 is 24.9. The van der Waals surface area contributed by atoms with Gasteiger partial charge in [0.25, 0.3) is 5.91 Å². The summed E-state index contributed by atoms with van der Waals surface area (Å²) in [5, 5.41) is 0. The molecule has 1 aromatic heterocycles. The van der Waals surface area contributed by atoms with Crippen molar-refractivity contribution in [3.05, 3.63) is 48.2 Å². The van der Waals surface area contributed by atoms with Crippen molar-refractivity contribution in [1.82, 2.24) is 9.88 Å². The first-order valence-electron chi connectivity index (χ1n) is 8.46. The van der Waals surface area contributed by atoms with E-state index < -0.39 is 10.0 Å². The van der Waals surface area contributed by atoms with Gasteiger partial charge >= 0.3 is 0 Å². The Labute approximate surface area is 155 Å². The van der Waals surface area contributed by atoms with Crippen molar-refractivity contribution in [3.8, 4) is 11.1 Å². The molecule has 0 fully saturated rings. The van der Waals surface area contributed by atoms with E-state index in [1.165, 1.54) is 0 Å². The van der Waals surface area contributed by atoms with Crippen LogP contribution in [0.15, 0.2) is 42.6 Å². The number of benzene rings is 1. The Morgan fingerprint density at radius 2 is 1.65 bits per heavy atom. The Balaban J connectivity index is 2.42. The number of pyridine rings is 1. The van der Waals surface area contributed by atoms with E-state index in [1.54, 1.807) is 24.4 Å². The van der Waals surface area contributed by atoms with Crippen LogP contribution in [0.3, 0.4) is 0 Å². The van der Waals surface area contributed by atoms with Gasteiger partial charge in [-0.1, -0.05) is 18.2 Å². The van der Waals surface area contributed by atoms with Crippen molar-refractivity contribution in [2.24, 2.45) is 0 Å². The van der Waals surface area contributed by atoms with E-state index in [0.717, 1.165) is 17.4 Å². The normalized spacial score (nSPS) is 11.7. The van der Waals surface area contributed by atoms with Crippen molar-refractivity contribution in [1.29, 1.82) is 0 Å². The highest BCUT2D eigenvalue weighted by Gasteiger charge is 2.24. The van der Waals surface area contributed by atoms with Gasteiger partial charge in [0.2, 0.25) is 10.0 Å². The van der Waals surface area contributed by atoms with Crippen LogP contribution in [0.1, 0.15) is 38.1 Å². The molecule has 0 aliphatic rings. The first-order chi connectivity index (χ1) is 12.1. The zero-order valence-electron chi connectivity index (χ0n) is 15.7. The number of anilines is 1. The molecule has 2 rings (SSSR count). The van der Waals surface area contributed by atoms with E-state index in [9.17, 15) is 13.2 Å². The fourth-order valence-electron chi connectivity index (χ4n) is 2.93. The summed E-state index contributed by atoms with van der Waals surface area (Å²) >= 11 is 0. The molecule has 7 heteroatoms. The standard InChI is InChI=1S/C19H25N3O3S/c1-13(2)22(14(3)4)19(23)17-9-7-6-8-16(17)15-10-11-18(20-12-15)21-26(5,24)25/h6-14H,1-5H3,(H,20,21). The Kier molecular flexibility index (Phi) is 6.02. The van der Waals surface area contributed by atoms with Crippen LogP contribution in [0.4, 0.5) is 5.82 Å². The Morgan fingerprint density at radius 1 is 1.04 bits per heavy atom. The monoisotopic (exact) mass is 375 g/mol. The van der Waals surface area contributed by atoms with Crippen molar-refractivity contribution in [2.75, 3.05) is 11.0 Å². The van der Waals surface area contributed by atoms with E-state index in [0.29, 0.717) is 5.56 Å². The molecule has 1 amide bonds.